The van der Waals surface area contributed by atoms with Crippen molar-refractivity contribution in [3.8, 4) is 5.69 Å². The predicted molar refractivity (Wildman–Crippen MR) is 67.0 cm³/mol. The predicted octanol–water partition coefficient (Wildman–Crippen LogP) is 3.14. The monoisotopic (exact) mass is 233 g/mol. The maximum atomic E-state index is 13.8. The van der Waals surface area contributed by atoms with Crippen LogP contribution in [0.1, 0.15) is 19.4 Å². The first-order valence-corrected chi connectivity index (χ1v) is 5.64. The van der Waals surface area contributed by atoms with Gasteiger partial charge >= 0.3 is 0 Å². The van der Waals surface area contributed by atoms with Crippen LogP contribution in [0.3, 0.4) is 0 Å². The van der Waals surface area contributed by atoms with E-state index in [1.54, 1.807) is 23.0 Å². The zero-order valence-electron chi connectivity index (χ0n) is 10.2. The minimum atomic E-state index is -0.250. The number of hydrogen-bond donors (Lipinski definition) is 1. The van der Waals surface area contributed by atoms with Crippen molar-refractivity contribution in [2.24, 2.45) is 0 Å². The number of nitrogens with one attached hydrogen (secondary N) is 1. The Bertz CT molecular complexity index is 517. The van der Waals surface area contributed by atoms with E-state index in [1.165, 1.54) is 6.07 Å². The molecule has 0 saturated heterocycles. The van der Waals surface area contributed by atoms with Gasteiger partial charge in [-0.25, -0.2) is 9.37 Å². The quantitative estimate of drug-likeness (QED) is 0.882. The first-order valence-electron chi connectivity index (χ1n) is 5.64. The van der Waals surface area contributed by atoms with E-state index in [1.807, 2.05) is 26.8 Å². The lowest BCUT2D eigenvalue weighted by Crippen LogP contribution is -2.14. The smallest absolute Gasteiger partial charge is 0.207 e. The third-order valence-electron chi connectivity index (χ3n) is 2.42. The molecule has 0 aliphatic heterocycles. The molecule has 0 amide bonds. The Morgan fingerprint density at radius 2 is 2.12 bits per heavy atom. The van der Waals surface area contributed by atoms with Crippen molar-refractivity contribution in [1.82, 2.24) is 9.55 Å². The molecular weight excluding hydrogens is 217 g/mol. The minimum Gasteiger partial charge on any atom is -0.353 e. The molecule has 0 atom stereocenters. The fourth-order valence-electron chi connectivity index (χ4n) is 1.67. The van der Waals surface area contributed by atoms with Gasteiger partial charge in [0.05, 0.1) is 5.69 Å². The number of rotatable bonds is 3. The van der Waals surface area contributed by atoms with Gasteiger partial charge in [-0.1, -0.05) is 6.07 Å². The van der Waals surface area contributed by atoms with E-state index in [0.29, 0.717) is 11.6 Å². The molecule has 0 spiro atoms. The van der Waals surface area contributed by atoms with Gasteiger partial charge in [0.25, 0.3) is 0 Å². The number of aromatic nitrogens is 2. The Hall–Kier alpha value is -1.84. The fraction of sp³-hybridized carbons (Fsp3) is 0.308. The lowest BCUT2D eigenvalue weighted by molar-refractivity contribution is 0.617. The molecule has 3 nitrogen and oxygen atoms in total. The molecule has 1 N–H and O–H groups in total. The Balaban J connectivity index is 2.45. The summed E-state index contributed by atoms with van der Waals surface area (Å²) >= 11 is 0. The first-order chi connectivity index (χ1) is 8.08. The fourth-order valence-corrected chi connectivity index (χ4v) is 1.67. The highest BCUT2D eigenvalue weighted by Gasteiger charge is 2.10. The number of hydrogen-bond acceptors (Lipinski definition) is 2. The molecule has 0 aliphatic carbocycles. The molecule has 0 bridgehead atoms. The molecule has 1 aromatic carbocycles. The maximum absolute atomic E-state index is 13.8. The van der Waals surface area contributed by atoms with Crippen molar-refractivity contribution in [2.75, 3.05) is 5.32 Å². The van der Waals surface area contributed by atoms with Crippen LogP contribution in [-0.2, 0) is 0 Å². The average Bonchev–Trinajstić information content (AvgIpc) is 2.69. The molecule has 0 radical (unpaired) electrons. The third kappa shape index (κ3) is 2.46. The van der Waals surface area contributed by atoms with Crippen molar-refractivity contribution in [2.45, 2.75) is 26.8 Å². The van der Waals surface area contributed by atoms with E-state index < -0.39 is 0 Å². The summed E-state index contributed by atoms with van der Waals surface area (Å²) in [4.78, 5) is 4.19. The summed E-state index contributed by atoms with van der Waals surface area (Å²) in [6.45, 7) is 5.98. The molecule has 1 heterocycles. The second-order valence-electron chi connectivity index (χ2n) is 4.37. The molecule has 0 unspecified atom stereocenters. The van der Waals surface area contributed by atoms with E-state index in [9.17, 15) is 4.39 Å². The van der Waals surface area contributed by atoms with Crippen LogP contribution < -0.4 is 5.32 Å². The summed E-state index contributed by atoms with van der Waals surface area (Å²) in [5.41, 5.74) is 1.54. The summed E-state index contributed by atoms with van der Waals surface area (Å²) in [6, 6.07) is 5.29. The van der Waals surface area contributed by atoms with Crippen molar-refractivity contribution < 1.29 is 4.39 Å². The highest BCUT2D eigenvalue weighted by atomic mass is 19.1. The van der Waals surface area contributed by atoms with Crippen LogP contribution in [0.2, 0.25) is 0 Å². The van der Waals surface area contributed by atoms with Gasteiger partial charge in [0.15, 0.2) is 0 Å². The SMILES string of the molecule is Cc1ccc(F)c(-n2ccnc2NC(C)C)c1. The van der Waals surface area contributed by atoms with Crippen molar-refractivity contribution in [3.63, 3.8) is 0 Å². The number of imidazole rings is 1. The molecule has 17 heavy (non-hydrogen) atoms. The second-order valence-corrected chi connectivity index (χ2v) is 4.37. The van der Waals surface area contributed by atoms with Gasteiger partial charge in [-0.3, -0.25) is 4.57 Å². The standard InChI is InChI=1S/C13H16FN3/c1-9(2)16-13-15-6-7-17(13)12-8-10(3)4-5-11(12)14/h4-9H,1-3H3,(H,15,16). The second kappa shape index (κ2) is 4.57. The zero-order chi connectivity index (χ0) is 12.4. The van der Waals surface area contributed by atoms with Crippen LogP contribution in [-0.4, -0.2) is 15.6 Å². The highest BCUT2D eigenvalue weighted by Crippen LogP contribution is 2.19. The molecule has 0 saturated carbocycles. The van der Waals surface area contributed by atoms with Crippen LogP contribution in [0.15, 0.2) is 30.6 Å². The molecular formula is C13H16FN3. The number of anilines is 1. The van der Waals surface area contributed by atoms with Gasteiger partial charge in [0.1, 0.15) is 5.82 Å². The van der Waals surface area contributed by atoms with Crippen LogP contribution in [0.25, 0.3) is 5.69 Å². The Kier molecular flexibility index (Phi) is 3.13. The van der Waals surface area contributed by atoms with Crippen LogP contribution in [0, 0.1) is 12.7 Å². The summed E-state index contributed by atoms with van der Waals surface area (Å²) in [7, 11) is 0. The van der Waals surface area contributed by atoms with Crippen LogP contribution in [0.5, 0.6) is 0 Å². The Morgan fingerprint density at radius 1 is 1.35 bits per heavy atom. The topological polar surface area (TPSA) is 29.9 Å². The minimum absolute atomic E-state index is 0.250. The lowest BCUT2D eigenvalue weighted by Gasteiger charge is -2.13. The number of benzene rings is 1. The van der Waals surface area contributed by atoms with E-state index in [-0.39, 0.29) is 11.9 Å². The molecule has 4 heteroatoms. The van der Waals surface area contributed by atoms with Gasteiger partial charge < -0.3 is 5.32 Å². The summed E-state index contributed by atoms with van der Waals surface area (Å²) in [5.74, 6) is 0.407. The van der Waals surface area contributed by atoms with Crippen LogP contribution in [0.4, 0.5) is 10.3 Å². The summed E-state index contributed by atoms with van der Waals surface area (Å²) in [5, 5.41) is 3.18. The average molecular weight is 233 g/mol. The summed E-state index contributed by atoms with van der Waals surface area (Å²) < 4.78 is 15.5. The van der Waals surface area contributed by atoms with E-state index >= 15 is 0 Å². The first kappa shape index (κ1) is 11.6. The van der Waals surface area contributed by atoms with Crippen molar-refractivity contribution in [1.29, 1.82) is 0 Å². The van der Waals surface area contributed by atoms with Gasteiger partial charge in [-0.2, -0.15) is 0 Å². The molecule has 90 valence electrons. The third-order valence-corrected chi connectivity index (χ3v) is 2.42. The lowest BCUT2D eigenvalue weighted by atomic mass is 10.2. The van der Waals surface area contributed by atoms with Gasteiger partial charge in [-0.15, -0.1) is 0 Å². The largest absolute Gasteiger partial charge is 0.353 e. The Morgan fingerprint density at radius 3 is 2.82 bits per heavy atom. The normalized spacial score (nSPS) is 10.9. The van der Waals surface area contributed by atoms with Gasteiger partial charge in [-0.05, 0) is 38.5 Å². The number of halogens is 1. The van der Waals surface area contributed by atoms with Crippen molar-refractivity contribution >= 4 is 5.95 Å². The molecule has 2 rings (SSSR count). The zero-order valence-corrected chi connectivity index (χ0v) is 10.2. The molecule has 1 aromatic heterocycles. The van der Waals surface area contributed by atoms with E-state index in [4.69, 9.17) is 0 Å². The van der Waals surface area contributed by atoms with Crippen LogP contribution >= 0.6 is 0 Å². The number of aryl methyl sites for hydroxylation is 1. The maximum Gasteiger partial charge on any atom is 0.207 e. The molecule has 0 fully saturated rings. The summed E-state index contributed by atoms with van der Waals surface area (Å²) in [6.07, 6.45) is 3.41. The van der Waals surface area contributed by atoms with Gasteiger partial charge in [0.2, 0.25) is 5.95 Å². The highest BCUT2D eigenvalue weighted by molar-refractivity contribution is 5.44. The Labute approximate surface area is 100 Å². The number of nitrogens with zero attached hydrogens (tertiary/aromatic N) is 2. The molecule has 2 aromatic rings. The van der Waals surface area contributed by atoms with Gasteiger partial charge in [0, 0.05) is 18.4 Å². The van der Waals surface area contributed by atoms with E-state index in [0.717, 1.165) is 5.56 Å². The van der Waals surface area contributed by atoms with Crippen molar-refractivity contribution in [3.05, 3.63) is 42.0 Å². The molecule has 0 aliphatic rings. The van der Waals surface area contributed by atoms with E-state index in [2.05, 4.69) is 10.3 Å².